The third kappa shape index (κ3) is 10.4. The lowest BCUT2D eigenvalue weighted by atomic mass is 10.0. The molecule has 0 amide bonds. The lowest BCUT2D eigenvalue weighted by Gasteiger charge is -2.32. The van der Waals surface area contributed by atoms with Crippen LogP contribution in [0.1, 0.15) is 62.4 Å². The van der Waals surface area contributed by atoms with Crippen LogP contribution in [0.3, 0.4) is 0 Å². The molecule has 0 aliphatic carbocycles. The highest BCUT2D eigenvalue weighted by molar-refractivity contribution is 5.75. The summed E-state index contributed by atoms with van der Waals surface area (Å²) in [6.07, 6.45) is 10.8. The monoisotopic (exact) mass is 737 g/mol. The molecular weight excluding hydrogens is 679 g/mol. The van der Waals surface area contributed by atoms with Crippen LogP contribution in [0.5, 0.6) is 5.75 Å². The average Bonchev–Trinajstić information content (AvgIpc) is 3.17. The predicted octanol–water partition coefficient (Wildman–Crippen LogP) is 4.69. The minimum absolute atomic E-state index is 0. The van der Waals surface area contributed by atoms with Crippen molar-refractivity contribution >= 4 is 22.1 Å². The van der Waals surface area contributed by atoms with E-state index in [1.54, 1.807) is 25.3 Å². The molecular formula is C42H59N9O3. The molecule has 3 N–H and O–H groups in total. The molecule has 0 spiro atoms. The largest absolute Gasteiger partial charge is 0.496 e. The van der Waals surface area contributed by atoms with Crippen LogP contribution in [-0.2, 0) is 26.1 Å². The molecule has 0 radical (unpaired) electrons. The minimum atomic E-state index is 0. The molecule has 2 fully saturated rings. The van der Waals surface area contributed by atoms with Crippen LogP contribution in [0.2, 0.25) is 0 Å². The van der Waals surface area contributed by atoms with Gasteiger partial charge in [0, 0.05) is 87.2 Å². The van der Waals surface area contributed by atoms with Crippen molar-refractivity contribution in [1.82, 2.24) is 39.2 Å². The van der Waals surface area contributed by atoms with Gasteiger partial charge in [-0.25, -0.2) is 0 Å². The van der Waals surface area contributed by atoms with Crippen LogP contribution < -0.4 is 26.9 Å². The molecule has 0 saturated carbocycles. The van der Waals surface area contributed by atoms with E-state index in [2.05, 4.69) is 43.1 Å². The summed E-state index contributed by atoms with van der Waals surface area (Å²) in [5.41, 5.74) is 13.9. The maximum absolute atomic E-state index is 12.5. The highest BCUT2D eigenvalue weighted by Gasteiger charge is 2.20. The van der Waals surface area contributed by atoms with Gasteiger partial charge in [0.15, 0.2) is 0 Å². The summed E-state index contributed by atoms with van der Waals surface area (Å²) in [4.78, 5) is 42.9. The van der Waals surface area contributed by atoms with Gasteiger partial charge in [-0.2, -0.15) is 0 Å². The zero-order valence-corrected chi connectivity index (χ0v) is 31.8. The van der Waals surface area contributed by atoms with E-state index in [-0.39, 0.29) is 18.5 Å². The molecule has 0 bridgehead atoms. The number of aromatic nitrogens is 5. The molecule has 12 nitrogen and oxygen atoms in total. The van der Waals surface area contributed by atoms with E-state index in [9.17, 15) is 9.59 Å². The molecule has 7 heterocycles. The Balaban J connectivity index is 0.000000221. The van der Waals surface area contributed by atoms with Gasteiger partial charge >= 0.3 is 0 Å². The van der Waals surface area contributed by atoms with E-state index >= 15 is 0 Å². The zero-order chi connectivity index (χ0) is 37.3. The third-order valence-electron chi connectivity index (χ3n) is 10.6. The number of fused-ring (bicyclic) bond motifs is 2. The van der Waals surface area contributed by atoms with Crippen molar-refractivity contribution in [3.63, 3.8) is 0 Å². The Bertz CT molecular complexity index is 2100. The number of nitrogens with two attached hydrogens (primary N) is 1. The van der Waals surface area contributed by atoms with Crippen molar-refractivity contribution in [1.29, 1.82) is 0 Å². The van der Waals surface area contributed by atoms with Gasteiger partial charge in [-0.15, -0.1) is 0 Å². The number of hydrogen-bond donors (Lipinski definition) is 2. The van der Waals surface area contributed by atoms with E-state index < -0.39 is 0 Å². The lowest BCUT2D eigenvalue weighted by molar-refractivity contribution is 0.191. The van der Waals surface area contributed by atoms with Gasteiger partial charge in [0.25, 0.3) is 11.1 Å². The second kappa shape index (κ2) is 19.2. The van der Waals surface area contributed by atoms with Crippen LogP contribution in [-0.4, -0.2) is 92.3 Å². The summed E-state index contributed by atoms with van der Waals surface area (Å²) in [6, 6.07) is 13.8. The van der Waals surface area contributed by atoms with Crippen molar-refractivity contribution in [3.8, 4) is 5.75 Å². The number of nitrogens with one attached hydrogen (secondary N) is 1. The van der Waals surface area contributed by atoms with E-state index in [0.29, 0.717) is 25.2 Å². The molecule has 5 aromatic heterocycles. The Kier molecular flexibility index (Phi) is 14.5. The molecule has 2 aliphatic heterocycles. The second-order valence-corrected chi connectivity index (χ2v) is 14.5. The summed E-state index contributed by atoms with van der Waals surface area (Å²) in [6.45, 7) is 14.1. The number of rotatable bonds is 11. The summed E-state index contributed by atoms with van der Waals surface area (Å²) >= 11 is 0. The number of nitrogens with zero attached hydrogens (tertiary/aromatic N) is 7. The fourth-order valence-electron chi connectivity index (χ4n) is 7.32. The van der Waals surface area contributed by atoms with Crippen LogP contribution in [0.15, 0.2) is 70.6 Å². The van der Waals surface area contributed by atoms with Gasteiger partial charge in [0.1, 0.15) is 5.75 Å². The predicted molar refractivity (Wildman–Crippen MR) is 218 cm³/mol. The zero-order valence-electron chi connectivity index (χ0n) is 31.8. The average molecular weight is 738 g/mol. The highest BCUT2D eigenvalue weighted by atomic mass is 16.5. The first-order chi connectivity index (χ1) is 25.7. The van der Waals surface area contributed by atoms with Crippen molar-refractivity contribution in [2.24, 2.45) is 5.73 Å². The molecule has 54 heavy (non-hydrogen) atoms. The summed E-state index contributed by atoms with van der Waals surface area (Å²) in [5.74, 6) is 0.920. The number of aryl methyl sites for hydroxylation is 3. The van der Waals surface area contributed by atoms with Crippen molar-refractivity contribution in [3.05, 3.63) is 104 Å². The second-order valence-electron chi connectivity index (χ2n) is 14.5. The quantitative estimate of drug-likeness (QED) is 0.197. The van der Waals surface area contributed by atoms with Crippen molar-refractivity contribution < 1.29 is 4.74 Å². The number of hydrogen-bond acceptors (Lipinski definition) is 10. The minimum Gasteiger partial charge on any atom is -0.496 e. The molecule has 2 saturated heterocycles. The molecule has 0 unspecified atom stereocenters. The van der Waals surface area contributed by atoms with Crippen LogP contribution in [0.25, 0.3) is 22.1 Å². The van der Waals surface area contributed by atoms with Crippen molar-refractivity contribution in [2.45, 2.75) is 92.0 Å². The summed E-state index contributed by atoms with van der Waals surface area (Å²) < 4.78 is 9.18. The fraction of sp³-hybridized carbons (Fsp3) is 0.500. The van der Waals surface area contributed by atoms with Gasteiger partial charge < -0.3 is 34.7 Å². The number of pyridine rings is 5. The Morgan fingerprint density at radius 1 is 0.741 bits per heavy atom. The van der Waals surface area contributed by atoms with Gasteiger partial charge in [-0.1, -0.05) is 14.4 Å². The molecule has 0 atom stereocenters. The SMILES string of the molecule is C.CCc1cnc(CNC2CCN(CCn3c(=O)ccc4ncc(C)cc43)CC2)cc1OC.Cc1cnc2ccc(=O)n(CCN3CCC(N)CC3)c2c1. The smallest absolute Gasteiger partial charge is 0.251 e. The molecule has 2 aliphatic rings. The Hall–Kier alpha value is -4.49. The molecule has 290 valence electrons. The van der Waals surface area contributed by atoms with E-state index in [1.165, 1.54) is 0 Å². The van der Waals surface area contributed by atoms with Gasteiger partial charge in [-0.3, -0.25) is 24.5 Å². The summed E-state index contributed by atoms with van der Waals surface area (Å²) in [5, 5.41) is 3.65. The number of ether oxygens (including phenoxy) is 1. The molecule has 0 aromatic carbocycles. The molecule has 12 heteroatoms. The molecule has 7 rings (SSSR count). The third-order valence-corrected chi connectivity index (χ3v) is 10.6. The number of methoxy groups -OCH3 is 1. The Labute approximate surface area is 319 Å². The summed E-state index contributed by atoms with van der Waals surface area (Å²) in [7, 11) is 1.71. The standard InChI is InChI=1S/C25H33N5O2.C16H22N4O.CH4/c1-4-19-16-26-21(14-24(19)32-3)17-27-20-7-9-29(10-8-20)11-12-30-23-13-18(2)15-28-22(23)5-6-25(30)31;1-12-10-15-14(18-11-12)2-3-16(21)20(15)9-8-19-6-4-13(17)5-7-19;/h5-6,13-16,20,27H,4,7-12,17H2,1-3H3;2-3,10-11,13H,4-9,17H2,1H3;1H4. The first-order valence-electron chi connectivity index (χ1n) is 19.1. The maximum atomic E-state index is 12.5. The highest BCUT2D eigenvalue weighted by Crippen LogP contribution is 2.20. The van der Waals surface area contributed by atoms with E-state index in [1.807, 2.05) is 59.8 Å². The maximum Gasteiger partial charge on any atom is 0.251 e. The Morgan fingerprint density at radius 3 is 1.76 bits per heavy atom. The van der Waals surface area contributed by atoms with Crippen LogP contribution in [0, 0.1) is 13.8 Å². The topological polar surface area (TPSA) is 136 Å². The van der Waals surface area contributed by atoms with E-state index in [4.69, 9.17) is 10.5 Å². The van der Waals surface area contributed by atoms with Gasteiger partial charge in [-0.05, 0) is 108 Å². The van der Waals surface area contributed by atoms with Gasteiger partial charge in [0.05, 0.1) is 34.9 Å². The first kappa shape index (κ1) is 40.7. The number of piperidine rings is 2. The van der Waals surface area contributed by atoms with Crippen LogP contribution in [0.4, 0.5) is 0 Å². The normalized spacial score (nSPS) is 15.9. The van der Waals surface area contributed by atoms with Crippen LogP contribution >= 0.6 is 0 Å². The number of likely N-dealkylation sites (tertiary alicyclic amines) is 2. The fourth-order valence-corrected chi connectivity index (χ4v) is 7.32. The molecule has 5 aromatic rings. The first-order valence-corrected chi connectivity index (χ1v) is 19.1. The van der Waals surface area contributed by atoms with Gasteiger partial charge in [0.2, 0.25) is 0 Å². The van der Waals surface area contributed by atoms with E-state index in [0.717, 1.165) is 128 Å². The van der Waals surface area contributed by atoms with Crippen molar-refractivity contribution in [2.75, 3.05) is 46.4 Å². The Morgan fingerprint density at radius 2 is 1.26 bits per heavy atom. The lowest BCUT2D eigenvalue weighted by Crippen LogP contribution is -2.43.